The zero-order valence-electron chi connectivity index (χ0n) is 19.5. The minimum atomic E-state index is -4.75. The number of carbonyl (C=O) groups is 1. The quantitative estimate of drug-likeness (QED) is 0.435. The van der Waals surface area contributed by atoms with Gasteiger partial charge in [0.05, 0.1) is 35.5 Å². The SMILES string of the molecule is CC1(C)C(=O)N(c2ccc(C#N)c(C(F)(F)F)c2)C(=S)N1CCCOC1=CC2=CC=CN(O)C2C=C1. The molecule has 1 aromatic carbocycles. The Morgan fingerprint density at radius 3 is 2.75 bits per heavy atom. The van der Waals surface area contributed by atoms with E-state index < -0.39 is 28.7 Å². The van der Waals surface area contributed by atoms with Gasteiger partial charge in [-0.2, -0.15) is 18.4 Å². The Morgan fingerprint density at radius 2 is 2.06 bits per heavy atom. The van der Waals surface area contributed by atoms with Crippen LogP contribution < -0.4 is 4.90 Å². The van der Waals surface area contributed by atoms with Crippen LogP contribution in [0.4, 0.5) is 18.9 Å². The molecule has 1 amide bonds. The maximum absolute atomic E-state index is 13.5. The topological polar surface area (TPSA) is 80.0 Å². The van der Waals surface area contributed by atoms with E-state index >= 15 is 0 Å². The highest BCUT2D eigenvalue weighted by atomic mass is 32.1. The normalized spacial score (nSPS) is 20.8. The Morgan fingerprint density at radius 1 is 1.31 bits per heavy atom. The first-order valence-electron chi connectivity index (χ1n) is 11.1. The number of halogens is 3. The van der Waals surface area contributed by atoms with E-state index in [1.165, 1.54) is 12.1 Å². The summed E-state index contributed by atoms with van der Waals surface area (Å²) in [7, 11) is 0. The summed E-state index contributed by atoms with van der Waals surface area (Å²) in [5.41, 5.74) is -1.89. The van der Waals surface area contributed by atoms with Crippen molar-refractivity contribution in [2.45, 2.75) is 38.0 Å². The van der Waals surface area contributed by atoms with Crippen LogP contribution in [0, 0.1) is 11.3 Å². The van der Waals surface area contributed by atoms with E-state index in [9.17, 15) is 23.2 Å². The van der Waals surface area contributed by atoms with Crippen molar-refractivity contribution in [1.82, 2.24) is 9.96 Å². The number of anilines is 1. The van der Waals surface area contributed by atoms with E-state index in [1.54, 1.807) is 37.1 Å². The van der Waals surface area contributed by atoms with Crippen LogP contribution >= 0.6 is 12.2 Å². The standard InChI is InChI=1S/C25H23F3N4O3S/c1-24(2)22(33)32(18-7-6-17(15-29)20(14-18)25(26,27)28)23(36)30(24)10-4-12-35-19-8-9-21-16(13-19)5-3-11-31(21)34/h3,5-9,11,13-14,21,34H,4,10,12H2,1-2H3. The number of hydrogen-bond acceptors (Lipinski definition) is 6. The molecule has 1 N–H and O–H groups in total. The highest BCUT2D eigenvalue weighted by Crippen LogP contribution is 2.38. The highest BCUT2D eigenvalue weighted by Gasteiger charge is 2.49. The molecule has 1 atom stereocenters. The fourth-order valence-corrected chi connectivity index (χ4v) is 4.77. The monoisotopic (exact) mass is 516 g/mol. The van der Waals surface area contributed by atoms with Gasteiger partial charge < -0.3 is 9.64 Å². The molecule has 36 heavy (non-hydrogen) atoms. The number of rotatable bonds is 6. The van der Waals surface area contributed by atoms with Gasteiger partial charge in [-0.05, 0) is 74.5 Å². The van der Waals surface area contributed by atoms with Gasteiger partial charge in [-0.1, -0.05) is 12.2 Å². The third-order valence-corrected chi connectivity index (χ3v) is 6.61. The van der Waals surface area contributed by atoms with Crippen molar-refractivity contribution in [2.75, 3.05) is 18.1 Å². The number of carbonyl (C=O) groups excluding carboxylic acids is 1. The molecule has 11 heteroatoms. The van der Waals surface area contributed by atoms with Crippen molar-refractivity contribution in [2.24, 2.45) is 0 Å². The van der Waals surface area contributed by atoms with Crippen LogP contribution in [-0.2, 0) is 15.7 Å². The number of benzene rings is 1. The van der Waals surface area contributed by atoms with E-state index in [0.29, 0.717) is 25.3 Å². The second kappa shape index (κ2) is 9.44. The molecule has 3 aliphatic rings. The van der Waals surface area contributed by atoms with Gasteiger partial charge in [0.15, 0.2) is 5.11 Å². The predicted octanol–water partition coefficient (Wildman–Crippen LogP) is 4.66. The van der Waals surface area contributed by atoms with Crippen molar-refractivity contribution in [3.05, 3.63) is 77.2 Å². The number of hydrogen-bond donors (Lipinski definition) is 1. The lowest BCUT2D eigenvalue weighted by molar-refractivity contribution is -0.137. The average molecular weight is 517 g/mol. The Bertz CT molecular complexity index is 1260. The van der Waals surface area contributed by atoms with Crippen molar-refractivity contribution in [3.63, 3.8) is 0 Å². The Hall–Kier alpha value is -3.62. The summed E-state index contributed by atoms with van der Waals surface area (Å²) in [6.45, 7) is 3.97. The number of amides is 1. The van der Waals surface area contributed by atoms with Gasteiger partial charge in [-0.15, -0.1) is 0 Å². The van der Waals surface area contributed by atoms with E-state index in [-0.39, 0.29) is 16.8 Å². The molecular formula is C25H23F3N4O3S. The van der Waals surface area contributed by atoms with Crippen LogP contribution in [0.5, 0.6) is 0 Å². The molecule has 0 aromatic heterocycles. The summed E-state index contributed by atoms with van der Waals surface area (Å²) in [6.07, 6.45) is 6.31. The number of fused-ring (bicyclic) bond motifs is 1. The number of allylic oxidation sites excluding steroid dienone is 3. The molecule has 2 aliphatic heterocycles. The first-order valence-corrected chi connectivity index (χ1v) is 11.5. The molecule has 1 aromatic rings. The number of thiocarbonyl (C=S) groups is 1. The van der Waals surface area contributed by atoms with Crippen LogP contribution in [-0.4, -0.2) is 50.9 Å². The van der Waals surface area contributed by atoms with Gasteiger partial charge in [-0.3, -0.25) is 20.0 Å². The summed E-state index contributed by atoms with van der Waals surface area (Å²) in [5, 5.41) is 20.1. The lowest BCUT2D eigenvalue weighted by atomic mass is 9.99. The van der Waals surface area contributed by atoms with E-state index in [0.717, 1.165) is 27.7 Å². The van der Waals surface area contributed by atoms with E-state index in [2.05, 4.69) is 0 Å². The van der Waals surface area contributed by atoms with Crippen LogP contribution in [0.2, 0.25) is 0 Å². The molecule has 1 aliphatic carbocycles. The molecular weight excluding hydrogens is 493 g/mol. The Kier molecular flexibility index (Phi) is 6.68. The molecule has 4 rings (SSSR count). The number of hydroxylamine groups is 2. The smallest absolute Gasteiger partial charge is 0.417 e. The van der Waals surface area contributed by atoms with Gasteiger partial charge in [0.1, 0.15) is 11.3 Å². The molecule has 1 unspecified atom stereocenters. The fourth-order valence-electron chi connectivity index (χ4n) is 4.26. The molecule has 0 radical (unpaired) electrons. The van der Waals surface area contributed by atoms with Gasteiger partial charge in [0.25, 0.3) is 5.91 Å². The van der Waals surface area contributed by atoms with E-state index in [4.69, 9.17) is 22.2 Å². The first kappa shape index (κ1) is 25.5. The molecule has 188 valence electrons. The predicted molar refractivity (Wildman–Crippen MR) is 129 cm³/mol. The van der Waals surface area contributed by atoms with Crippen molar-refractivity contribution >= 4 is 28.9 Å². The number of nitriles is 1. The fraction of sp³-hybridized carbons (Fsp3) is 0.320. The lowest BCUT2D eigenvalue weighted by Gasteiger charge is -2.30. The van der Waals surface area contributed by atoms with Gasteiger partial charge in [0, 0.05) is 12.7 Å². The second-order valence-corrected chi connectivity index (χ2v) is 9.28. The van der Waals surface area contributed by atoms with Crippen LogP contribution in [0.15, 0.2) is 66.1 Å². The molecule has 0 spiro atoms. The minimum Gasteiger partial charge on any atom is -0.494 e. The summed E-state index contributed by atoms with van der Waals surface area (Å²) in [4.78, 5) is 15.9. The van der Waals surface area contributed by atoms with Crippen LogP contribution in [0.25, 0.3) is 0 Å². The number of nitrogens with zero attached hydrogens (tertiary/aromatic N) is 4. The van der Waals surface area contributed by atoms with Crippen LogP contribution in [0.1, 0.15) is 31.4 Å². The maximum atomic E-state index is 13.5. The zero-order chi connectivity index (χ0) is 26.3. The van der Waals surface area contributed by atoms with Gasteiger partial charge in [0.2, 0.25) is 0 Å². The molecule has 1 fully saturated rings. The van der Waals surface area contributed by atoms with Crippen molar-refractivity contribution < 1.29 is 27.9 Å². The van der Waals surface area contributed by atoms with Crippen LogP contribution in [0.3, 0.4) is 0 Å². The van der Waals surface area contributed by atoms with E-state index in [1.807, 2.05) is 18.2 Å². The summed E-state index contributed by atoms with van der Waals surface area (Å²) in [6, 6.07) is 4.39. The zero-order valence-corrected chi connectivity index (χ0v) is 20.3. The molecule has 0 bridgehead atoms. The molecule has 0 saturated carbocycles. The third-order valence-electron chi connectivity index (χ3n) is 6.21. The Balaban J connectivity index is 1.44. The number of ether oxygens (including phenoxy) is 1. The summed E-state index contributed by atoms with van der Waals surface area (Å²) < 4.78 is 46.2. The third kappa shape index (κ3) is 4.62. The van der Waals surface area contributed by atoms with Gasteiger partial charge >= 0.3 is 6.18 Å². The van der Waals surface area contributed by atoms with Gasteiger partial charge in [-0.25, -0.2) is 0 Å². The van der Waals surface area contributed by atoms with Crippen molar-refractivity contribution in [1.29, 1.82) is 5.26 Å². The summed E-state index contributed by atoms with van der Waals surface area (Å²) >= 11 is 5.50. The van der Waals surface area contributed by atoms with Crippen molar-refractivity contribution in [3.8, 4) is 6.07 Å². The largest absolute Gasteiger partial charge is 0.494 e. The lowest BCUT2D eigenvalue weighted by Crippen LogP contribution is -2.44. The molecule has 2 heterocycles. The number of alkyl halides is 3. The second-order valence-electron chi connectivity index (χ2n) is 8.91. The molecule has 1 saturated heterocycles. The average Bonchev–Trinajstić information content (AvgIpc) is 2.99. The highest BCUT2D eigenvalue weighted by molar-refractivity contribution is 7.80. The minimum absolute atomic E-state index is 0.0389. The molecule has 7 nitrogen and oxygen atoms in total. The first-order chi connectivity index (χ1) is 16.9. The maximum Gasteiger partial charge on any atom is 0.417 e. The summed E-state index contributed by atoms with van der Waals surface area (Å²) in [5.74, 6) is 0.167. The Labute approximate surface area is 211 Å².